The standard InChI is InChI=1S/C18H18O7/c1-22-12-6-4-5-9(19)16(12)13-7-10(20)15-11(21)8-14(23-2)17(24-3)18(15)25-13/h4-6,8,13,19,21H,7H2,1-3H3/t13-/m0/s1. The zero-order chi connectivity index (χ0) is 18.1. The Bertz CT molecular complexity index is 829. The number of methoxy groups -OCH3 is 3. The summed E-state index contributed by atoms with van der Waals surface area (Å²) in [6.07, 6.45) is -0.860. The highest BCUT2D eigenvalue weighted by molar-refractivity contribution is 6.04. The van der Waals surface area contributed by atoms with E-state index in [-0.39, 0.29) is 46.5 Å². The van der Waals surface area contributed by atoms with Gasteiger partial charge < -0.3 is 29.2 Å². The van der Waals surface area contributed by atoms with Crippen LogP contribution in [0.15, 0.2) is 24.3 Å². The van der Waals surface area contributed by atoms with Crippen molar-refractivity contribution in [3.05, 3.63) is 35.4 Å². The summed E-state index contributed by atoms with van der Waals surface area (Å²) in [7, 11) is 4.29. The van der Waals surface area contributed by atoms with Crippen LogP contribution >= 0.6 is 0 Å². The van der Waals surface area contributed by atoms with E-state index in [9.17, 15) is 15.0 Å². The van der Waals surface area contributed by atoms with E-state index < -0.39 is 6.10 Å². The normalized spacial score (nSPS) is 16.0. The second-order valence-electron chi connectivity index (χ2n) is 5.46. The van der Waals surface area contributed by atoms with Gasteiger partial charge in [-0.25, -0.2) is 0 Å². The Morgan fingerprint density at radius 1 is 1.04 bits per heavy atom. The molecule has 1 aliphatic rings. The molecule has 7 heteroatoms. The molecule has 0 radical (unpaired) electrons. The van der Waals surface area contributed by atoms with Crippen molar-refractivity contribution in [2.75, 3.05) is 21.3 Å². The SMILES string of the molecule is COc1cc(O)c2c(c1OC)O[C@H](c1c(O)cccc1OC)CC2=O. The molecule has 0 saturated carbocycles. The quantitative estimate of drug-likeness (QED) is 0.879. The molecule has 3 rings (SSSR count). The number of rotatable bonds is 4. The lowest BCUT2D eigenvalue weighted by atomic mass is 9.94. The van der Waals surface area contributed by atoms with Crippen molar-refractivity contribution in [2.24, 2.45) is 0 Å². The Morgan fingerprint density at radius 3 is 2.40 bits per heavy atom. The van der Waals surface area contributed by atoms with Gasteiger partial charge in [-0.15, -0.1) is 0 Å². The van der Waals surface area contributed by atoms with Gasteiger partial charge in [0.15, 0.2) is 17.3 Å². The van der Waals surface area contributed by atoms with E-state index in [0.29, 0.717) is 11.3 Å². The summed E-state index contributed by atoms with van der Waals surface area (Å²) in [6, 6.07) is 6.09. The van der Waals surface area contributed by atoms with Gasteiger partial charge in [0.25, 0.3) is 0 Å². The van der Waals surface area contributed by atoms with Crippen LogP contribution in [0.3, 0.4) is 0 Å². The third kappa shape index (κ3) is 2.67. The van der Waals surface area contributed by atoms with Crippen LogP contribution in [0.2, 0.25) is 0 Å². The average molecular weight is 346 g/mol. The number of aromatic hydroxyl groups is 2. The van der Waals surface area contributed by atoms with Crippen LogP contribution in [0.1, 0.15) is 28.4 Å². The molecule has 2 aromatic carbocycles. The molecule has 0 saturated heterocycles. The summed E-state index contributed by atoms with van der Waals surface area (Å²) >= 11 is 0. The molecule has 1 aliphatic heterocycles. The minimum Gasteiger partial charge on any atom is -0.507 e. The summed E-state index contributed by atoms with van der Waals surface area (Å²) in [4.78, 5) is 12.6. The van der Waals surface area contributed by atoms with Gasteiger partial charge in [0, 0.05) is 6.07 Å². The smallest absolute Gasteiger partial charge is 0.204 e. The number of phenols is 2. The molecule has 25 heavy (non-hydrogen) atoms. The van der Waals surface area contributed by atoms with Crippen LogP contribution in [0.5, 0.6) is 34.5 Å². The number of ether oxygens (including phenoxy) is 4. The number of carbonyl (C=O) groups is 1. The molecule has 0 unspecified atom stereocenters. The van der Waals surface area contributed by atoms with Gasteiger partial charge in [0.05, 0.1) is 33.3 Å². The zero-order valence-corrected chi connectivity index (χ0v) is 14.0. The van der Waals surface area contributed by atoms with Crippen molar-refractivity contribution in [3.8, 4) is 34.5 Å². The second-order valence-corrected chi connectivity index (χ2v) is 5.46. The van der Waals surface area contributed by atoms with Gasteiger partial charge in [0.1, 0.15) is 28.9 Å². The lowest BCUT2D eigenvalue weighted by Crippen LogP contribution is -2.22. The number of hydrogen-bond donors (Lipinski definition) is 2. The van der Waals surface area contributed by atoms with Crippen molar-refractivity contribution in [1.82, 2.24) is 0 Å². The molecule has 0 amide bonds. The number of benzene rings is 2. The number of hydrogen-bond acceptors (Lipinski definition) is 7. The molecule has 132 valence electrons. The largest absolute Gasteiger partial charge is 0.507 e. The predicted molar refractivity (Wildman–Crippen MR) is 88.2 cm³/mol. The molecular formula is C18H18O7. The molecule has 0 aromatic heterocycles. The third-order valence-corrected chi connectivity index (χ3v) is 4.10. The Hall–Kier alpha value is -3.09. The van der Waals surface area contributed by atoms with Crippen LogP contribution in [0.4, 0.5) is 0 Å². The highest BCUT2D eigenvalue weighted by atomic mass is 16.5. The summed E-state index contributed by atoms with van der Waals surface area (Å²) in [5, 5.41) is 20.4. The maximum absolute atomic E-state index is 12.6. The Morgan fingerprint density at radius 2 is 1.76 bits per heavy atom. The Labute approximate surface area is 144 Å². The van der Waals surface area contributed by atoms with Crippen LogP contribution in [-0.2, 0) is 0 Å². The fourth-order valence-electron chi connectivity index (χ4n) is 2.98. The maximum atomic E-state index is 12.6. The number of phenolic OH excluding ortho intramolecular Hbond substituents is 2. The fourth-order valence-corrected chi connectivity index (χ4v) is 2.98. The highest BCUT2D eigenvalue weighted by Gasteiger charge is 2.36. The fraction of sp³-hybridized carbons (Fsp3) is 0.278. The van der Waals surface area contributed by atoms with E-state index in [1.54, 1.807) is 12.1 Å². The minimum atomic E-state index is -0.795. The first kappa shape index (κ1) is 16.8. The van der Waals surface area contributed by atoms with E-state index in [2.05, 4.69) is 0 Å². The van der Waals surface area contributed by atoms with Gasteiger partial charge in [-0.05, 0) is 12.1 Å². The number of Topliss-reactive ketones (excluding diaryl/α,β-unsaturated/α-hetero) is 1. The minimum absolute atomic E-state index is 0.0308. The first-order chi connectivity index (χ1) is 12.0. The van der Waals surface area contributed by atoms with Crippen LogP contribution in [-0.4, -0.2) is 37.3 Å². The van der Waals surface area contributed by atoms with Crippen molar-refractivity contribution >= 4 is 5.78 Å². The first-order valence-corrected chi connectivity index (χ1v) is 7.55. The van der Waals surface area contributed by atoms with Gasteiger partial charge in [-0.2, -0.15) is 0 Å². The van der Waals surface area contributed by atoms with E-state index in [4.69, 9.17) is 18.9 Å². The molecule has 0 spiro atoms. The summed E-state index contributed by atoms with van der Waals surface area (Å²) < 4.78 is 21.7. The van der Waals surface area contributed by atoms with Crippen LogP contribution in [0, 0.1) is 0 Å². The van der Waals surface area contributed by atoms with E-state index in [0.717, 1.165) is 0 Å². The summed E-state index contributed by atoms with van der Waals surface area (Å²) in [5.74, 6) is 0.263. The van der Waals surface area contributed by atoms with Crippen LogP contribution in [0.25, 0.3) is 0 Å². The van der Waals surface area contributed by atoms with Crippen molar-refractivity contribution < 1.29 is 34.0 Å². The van der Waals surface area contributed by atoms with Gasteiger partial charge in [-0.1, -0.05) is 6.07 Å². The lowest BCUT2D eigenvalue weighted by Gasteiger charge is -2.29. The second kappa shape index (κ2) is 6.43. The molecular weight excluding hydrogens is 328 g/mol. The van der Waals surface area contributed by atoms with Crippen molar-refractivity contribution in [3.63, 3.8) is 0 Å². The van der Waals surface area contributed by atoms with Crippen molar-refractivity contribution in [2.45, 2.75) is 12.5 Å². The molecule has 0 fully saturated rings. The average Bonchev–Trinajstić information content (AvgIpc) is 2.60. The van der Waals surface area contributed by atoms with Gasteiger partial charge in [0.2, 0.25) is 5.75 Å². The third-order valence-electron chi connectivity index (χ3n) is 4.10. The summed E-state index contributed by atoms with van der Waals surface area (Å²) in [6.45, 7) is 0. The summed E-state index contributed by atoms with van der Waals surface area (Å²) in [5.41, 5.74) is 0.386. The Kier molecular flexibility index (Phi) is 4.31. The number of ketones is 1. The molecule has 0 aliphatic carbocycles. The predicted octanol–water partition coefficient (Wildman–Crippen LogP) is 2.83. The molecule has 7 nitrogen and oxygen atoms in total. The maximum Gasteiger partial charge on any atom is 0.204 e. The Balaban J connectivity index is 2.16. The molecule has 1 heterocycles. The van der Waals surface area contributed by atoms with Crippen molar-refractivity contribution in [1.29, 1.82) is 0 Å². The first-order valence-electron chi connectivity index (χ1n) is 7.55. The van der Waals surface area contributed by atoms with E-state index in [1.807, 2.05) is 0 Å². The molecule has 1 atom stereocenters. The molecule has 0 bridgehead atoms. The molecule has 2 aromatic rings. The van der Waals surface area contributed by atoms with Gasteiger partial charge in [-0.3, -0.25) is 4.79 Å². The van der Waals surface area contributed by atoms with E-state index >= 15 is 0 Å². The topological polar surface area (TPSA) is 94.5 Å². The van der Waals surface area contributed by atoms with E-state index in [1.165, 1.54) is 33.5 Å². The lowest BCUT2D eigenvalue weighted by molar-refractivity contribution is 0.0829. The number of carbonyl (C=O) groups excluding carboxylic acids is 1. The zero-order valence-electron chi connectivity index (χ0n) is 14.0. The molecule has 2 N–H and O–H groups in total. The monoisotopic (exact) mass is 346 g/mol. The number of fused-ring (bicyclic) bond motifs is 1. The highest BCUT2D eigenvalue weighted by Crippen LogP contribution is 2.51. The van der Waals surface area contributed by atoms with Gasteiger partial charge >= 0.3 is 0 Å². The van der Waals surface area contributed by atoms with Crippen LogP contribution < -0.4 is 18.9 Å².